The van der Waals surface area contributed by atoms with Gasteiger partial charge in [0.25, 0.3) is 0 Å². The molecule has 0 N–H and O–H groups in total. The first kappa shape index (κ1) is 15.0. The maximum Gasteiger partial charge on any atom is 0.129 e. The van der Waals surface area contributed by atoms with Gasteiger partial charge in [-0.15, -0.1) is 5.54 Å². The van der Waals surface area contributed by atoms with Crippen LogP contribution in [0.4, 0.5) is 0 Å². The fraction of sp³-hybridized carbons (Fsp3) is 0.167. The van der Waals surface area contributed by atoms with Gasteiger partial charge in [-0.2, -0.15) is 10.4 Å². The third kappa shape index (κ3) is 3.15. The number of rotatable bonds is 1. The van der Waals surface area contributed by atoms with E-state index in [-0.39, 0.29) is 0 Å². The number of nitrogens with zero attached hydrogens (tertiary/aromatic N) is 4. The number of hydrogen-bond acceptors (Lipinski definition) is 3. The van der Waals surface area contributed by atoms with E-state index in [0.717, 1.165) is 16.6 Å². The summed E-state index contributed by atoms with van der Waals surface area (Å²) in [4.78, 5) is 4.10. The zero-order valence-electron chi connectivity index (χ0n) is 13.3. The topological polar surface area (TPSA) is 54.0 Å². The van der Waals surface area contributed by atoms with Crippen LogP contribution in [0.15, 0.2) is 42.9 Å². The molecule has 0 radical (unpaired) electrons. The fourth-order valence-electron chi connectivity index (χ4n) is 2.20. The van der Waals surface area contributed by atoms with E-state index in [4.69, 9.17) is 0 Å². The normalized spacial score (nSPS) is 10.9. The standard InChI is InChI=1S/C18H16N4Si/c1-23(2,3)10-8-14-6-7-17-16(11-19)18(21-22(17)13-14)15-5-4-9-20-12-15/h4-7,9,12-13H,1-3H3. The number of pyridine rings is 2. The minimum atomic E-state index is -1.42. The Morgan fingerprint density at radius 1 is 1.17 bits per heavy atom. The Morgan fingerprint density at radius 3 is 2.65 bits per heavy atom. The van der Waals surface area contributed by atoms with Crippen LogP contribution in [0.3, 0.4) is 0 Å². The molecule has 0 atom stereocenters. The summed E-state index contributed by atoms with van der Waals surface area (Å²) in [5.74, 6) is 3.22. The highest BCUT2D eigenvalue weighted by Crippen LogP contribution is 2.25. The van der Waals surface area contributed by atoms with Gasteiger partial charge < -0.3 is 0 Å². The van der Waals surface area contributed by atoms with E-state index in [1.807, 2.05) is 30.5 Å². The fourth-order valence-corrected chi connectivity index (χ4v) is 2.72. The highest BCUT2D eigenvalue weighted by molar-refractivity contribution is 6.83. The largest absolute Gasteiger partial charge is 0.264 e. The van der Waals surface area contributed by atoms with Crippen LogP contribution in [-0.4, -0.2) is 22.7 Å². The van der Waals surface area contributed by atoms with Crippen molar-refractivity contribution < 1.29 is 0 Å². The van der Waals surface area contributed by atoms with E-state index in [2.05, 4.69) is 47.3 Å². The van der Waals surface area contributed by atoms with Gasteiger partial charge >= 0.3 is 0 Å². The lowest BCUT2D eigenvalue weighted by Crippen LogP contribution is -2.16. The molecule has 0 aliphatic carbocycles. The molecule has 0 saturated heterocycles. The third-order valence-corrected chi connectivity index (χ3v) is 4.13. The number of hydrogen-bond donors (Lipinski definition) is 0. The van der Waals surface area contributed by atoms with Gasteiger partial charge in [0.15, 0.2) is 0 Å². The second-order valence-electron chi connectivity index (χ2n) is 6.32. The predicted octanol–water partition coefficient (Wildman–Crippen LogP) is 3.50. The van der Waals surface area contributed by atoms with Crippen molar-refractivity contribution in [3.63, 3.8) is 0 Å². The predicted molar refractivity (Wildman–Crippen MR) is 93.4 cm³/mol. The Kier molecular flexibility index (Phi) is 3.73. The molecule has 0 spiro atoms. The average molecular weight is 316 g/mol. The molecule has 3 heterocycles. The van der Waals surface area contributed by atoms with E-state index < -0.39 is 8.07 Å². The Labute approximate surface area is 136 Å². The zero-order valence-corrected chi connectivity index (χ0v) is 14.3. The molecule has 0 saturated carbocycles. The van der Waals surface area contributed by atoms with Gasteiger partial charge in [-0.1, -0.05) is 25.6 Å². The van der Waals surface area contributed by atoms with Gasteiger partial charge in [0.05, 0.1) is 5.52 Å². The molecule has 0 aromatic carbocycles. The van der Waals surface area contributed by atoms with Gasteiger partial charge in [-0.25, -0.2) is 4.52 Å². The van der Waals surface area contributed by atoms with Crippen molar-refractivity contribution >= 4 is 13.6 Å². The maximum absolute atomic E-state index is 9.50. The minimum absolute atomic E-state index is 0.558. The Hall–Kier alpha value is -2.89. The van der Waals surface area contributed by atoms with Crippen molar-refractivity contribution in [3.8, 4) is 28.8 Å². The van der Waals surface area contributed by atoms with E-state index >= 15 is 0 Å². The van der Waals surface area contributed by atoms with E-state index in [1.165, 1.54) is 0 Å². The van der Waals surface area contributed by atoms with Crippen molar-refractivity contribution in [2.24, 2.45) is 0 Å². The highest BCUT2D eigenvalue weighted by Gasteiger charge is 2.14. The molecule has 23 heavy (non-hydrogen) atoms. The van der Waals surface area contributed by atoms with Gasteiger partial charge in [0.1, 0.15) is 25.4 Å². The molecular formula is C18H16N4Si. The van der Waals surface area contributed by atoms with Crippen LogP contribution in [0.25, 0.3) is 16.8 Å². The Balaban J connectivity index is 2.15. The van der Waals surface area contributed by atoms with Crippen LogP contribution >= 0.6 is 0 Å². The van der Waals surface area contributed by atoms with Gasteiger partial charge in [-0.05, 0) is 24.3 Å². The maximum atomic E-state index is 9.50. The molecule has 0 aliphatic rings. The Bertz CT molecular complexity index is 964. The molecule has 0 amide bonds. The molecule has 0 aliphatic heterocycles. The number of aromatic nitrogens is 3. The summed E-state index contributed by atoms with van der Waals surface area (Å²) in [7, 11) is -1.42. The first-order chi connectivity index (χ1) is 11.0. The van der Waals surface area contributed by atoms with E-state index in [9.17, 15) is 5.26 Å². The van der Waals surface area contributed by atoms with Gasteiger partial charge in [0, 0.05) is 29.7 Å². The molecule has 112 valence electrons. The first-order valence-electron chi connectivity index (χ1n) is 7.34. The average Bonchev–Trinajstić information content (AvgIpc) is 2.91. The van der Waals surface area contributed by atoms with E-state index in [1.54, 1.807) is 16.9 Å². The molecule has 3 rings (SSSR count). The van der Waals surface area contributed by atoms with Crippen LogP contribution in [0, 0.1) is 22.8 Å². The van der Waals surface area contributed by atoms with Crippen LogP contribution < -0.4 is 0 Å². The number of fused-ring (bicyclic) bond motifs is 1. The van der Waals surface area contributed by atoms with Crippen LogP contribution in [0.5, 0.6) is 0 Å². The number of nitriles is 1. The SMILES string of the molecule is C[Si](C)(C)C#Cc1ccc2c(C#N)c(-c3cccnc3)nn2c1. The first-order valence-corrected chi connectivity index (χ1v) is 10.8. The van der Waals surface area contributed by atoms with Crippen molar-refractivity contribution in [1.82, 2.24) is 14.6 Å². The molecule has 0 unspecified atom stereocenters. The van der Waals surface area contributed by atoms with Crippen LogP contribution in [0.1, 0.15) is 11.1 Å². The summed E-state index contributed by atoms with van der Waals surface area (Å²) in [6.07, 6.45) is 5.30. The zero-order chi connectivity index (χ0) is 16.4. The quantitative estimate of drug-likeness (QED) is 0.510. The van der Waals surface area contributed by atoms with Crippen molar-refractivity contribution in [1.29, 1.82) is 5.26 Å². The summed E-state index contributed by atoms with van der Waals surface area (Å²) in [5, 5.41) is 14.1. The lowest BCUT2D eigenvalue weighted by atomic mass is 10.1. The van der Waals surface area contributed by atoms with Gasteiger partial charge in [-0.3, -0.25) is 4.98 Å². The Morgan fingerprint density at radius 2 is 2.00 bits per heavy atom. The summed E-state index contributed by atoms with van der Waals surface area (Å²) in [6.45, 7) is 6.63. The summed E-state index contributed by atoms with van der Waals surface area (Å²) in [6, 6.07) is 9.84. The van der Waals surface area contributed by atoms with Crippen molar-refractivity contribution in [2.45, 2.75) is 19.6 Å². The second kappa shape index (κ2) is 5.72. The monoisotopic (exact) mass is 316 g/mol. The lowest BCUT2D eigenvalue weighted by Gasteiger charge is -2.03. The molecule has 0 fully saturated rings. The van der Waals surface area contributed by atoms with E-state index in [0.29, 0.717) is 11.3 Å². The molecular weight excluding hydrogens is 300 g/mol. The van der Waals surface area contributed by atoms with Gasteiger partial charge in [0.2, 0.25) is 0 Å². The molecule has 5 heteroatoms. The van der Waals surface area contributed by atoms with Crippen LogP contribution in [0.2, 0.25) is 19.6 Å². The smallest absolute Gasteiger partial charge is 0.129 e. The summed E-state index contributed by atoms with van der Waals surface area (Å²) < 4.78 is 1.73. The molecule has 3 aromatic rings. The minimum Gasteiger partial charge on any atom is -0.264 e. The molecule has 3 aromatic heterocycles. The summed E-state index contributed by atoms with van der Waals surface area (Å²) >= 11 is 0. The third-order valence-electron chi connectivity index (χ3n) is 3.26. The van der Waals surface area contributed by atoms with Crippen molar-refractivity contribution in [2.75, 3.05) is 0 Å². The summed E-state index contributed by atoms with van der Waals surface area (Å²) in [5.41, 5.74) is 7.07. The van der Waals surface area contributed by atoms with Crippen molar-refractivity contribution in [3.05, 3.63) is 54.0 Å². The molecule has 4 nitrogen and oxygen atoms in total. The van der Waals surface area contributed by atoms with Crippen LogP contribution in [-0.2, 0) is 0 Å². The highest BCUT2D eigenvalue weighted by atomic mass is 28.3. The molecule has 0 bridgehead atoms. The second-order valence-corrected chi connectivity index (χ2v) is 11.1. The lowest BCUT2D eigenvalue weighted by molar-refractivity contribution is 0.962.